The van der Waals surface area contributed by atoms with Gasteiger partial charge in [0, 0.05) is 31.3 Å². The molecule has 0 saturated heterocycles. The lowest BCUT2D eigenvalue weighted by Gasteiger charge is -2.39. The van der Waals surface area contributed by atoms with Gasteiger partial charge in [-0.15, -0.1) is 0 Å². The third-order valence-corrected chi connectivity index (χ3v) is 3.97. The molecule has 1 aromatic rings. The van der Waals surface area contributed by atoms with Crippen molar-refractivity contribution in [3.05, 3.63) is 11.9 Å². The SMILES string of the molecule is CCNc1ncnc(N(CCCO)C2CCC2)c1CC. The van der Waals surface area contributed by atoms with E-state index in [1.165, 1.54) is 24.8 Å². The number of nitrogens with zero attached hydrogens (tertiary/aromatic N) is 3. The molecule has 0 radical (unpaired) electrons. The molecular weight excluding hydrogens is 252 g/mol. The Morgan fingerprint density at radius 1 is 1.35 bits per heavy atom. The first kappa shape index (κ1) is 15.0. The zero-order valence-corrected chi connectivity index (χ0v) is 12.6. The van der Waals surface area contributed by atoms with Crippen LogP contribution in [-0.2, 0) is 6.42 Å². The zero-order chi connectivity index (χ0) is 14.4. The lowest BCUT2D eigenvalue weighted by molar-refractivity contribution is 0.282. The molecule has 0 unspecified atom stereocenters. The molecule has 1 aliphatic carbocycles. The number of nitrogens with one attached hydrogen (secondary N) is 1. The van der Waals surface area contributed by atoms with Crippen molar-refractivity contribution in [2.45, 2.75) is 52.0 Å². The van der Waals surface area contributed by atoms with Gasteiger partial charge in [-0.1, -0.05) is 6.92 Å². The minimum absolute atomic E-state index is 0.232. The second-order valence-corrected chi connectivity index (χ2v) is 5.26. The van der Waals surface area contributed by atoms with Gasteiger partial charge in [-0.05, 0) is 39.0 Å². The standard InChI is InChI=1S/C15H26N4O/c1-3-13-14(16-4-2)17-11-18-15(13)19(9-6-10-20)12-7-5-8-12/h11-12,20H,3-10H2,1-2H3,(H,16,17,18). The molecule has 20 heavy (non-hydrogen) atoms. The lowest BCUT2D eigenvalue weighted by atomic mass is 9.91. The third-order valence-electron chi connectivity index (χ3n) is 3.97. The van der Waals surface area contributed by atoms with Crippen LogP contribution in [0, 0.1) is 0 Å². The van der Waals surface area contributed by atoms with E-state index < -0.39 is 0 Å². The number of hydrogen-bond donors (Lipinski definition) is 2. The van der Waals surface area contributed by atoms with Gasteiger partial charge in [0.15, 0.2) is 0 Å². The summed E-state index contributed by atoms with van der Waals surface area (Å²) in [5.41, 5.74) is 1.19. The van der Waals surface area contributed by atoms with Crippen molar-refractivity contribution in [1.29, 1.82) is 0 Å². The minimum Gasteiger partial charge on any atom is -0.396 e. The molecule has 0 amide bonds. The van der Waals surface area contributed by atoms with Crippen molar-refractivity contribution in [1.82, 2.24) is 9.97 Å². The van der Waals surface area contributed by atoms with Crippen LogP contribution in [0.4, 0.5) is 11.6 Å². The molecule has 1 heterocycles. The molecule has 0 aliphatic heterocycles. The van der Waals surface area contributed by atoms with E-state index in [1.807, 2.05) is 0 Å². The Morgan fingerprint density at radius 2 is 2.15 bits per heavy atom. The van der Waals surface area contributed by atoms with Gasteiger partial charge < -0.3 is 15.3 Å². The van der Waals surface area contributed by atoms with E-state index in [4.69, 9.17) is 5.11 Å². The molecule has 2 N–H and O–H groups in total. The summed E-state index contributed by atoms with van der Waals surface area (Å²) in [5, 5.41) is 12.5. The normalized spacial score (nSPS) is 14.9. The molecule has 1 fully saturated rings. The fourth-order valence-electron chi connectivity index (χ4n) is 2.70. The molecule has 0 bridgehead atoms. The summed E-state index contributed by atoms with van der Waals surface area (Å²) in [7, 11) is 0. The molecule has 2 rings (SSSR count). The highest BCUT2D eigenvalue weighted by Crippen LogP contribution is 2.32. The first-order valence-corrected chi connectivity index (χ1v) is 7.77. The van der Waals surface area contributed by atoms with Gasteiger partial charge in [-0.2, -0.15) is 0 Å². The van der Waals surface area contributed by atoms with E-state index in [-0.39, 0.29) is 6.61 Å². The van der Waals surface area contributed by atoms with Gasteiger partial charge in [0.1, 0.15) is 18.0 Å². The van der Waals surface area contributed by atoms with Gasteiger partial charge in [-0.3, -0.25) is 0 Å². The van der Waals surface area contributed by atoms with Crippen molar-refractivity contribution in [2.24, 2.45) is 0 Å². The molecular formula is C15H26N4O. The number of rotatable bonds is 8. The number of anilines is 2. The summed E-state index contributed by atoms with van der Waals surface area (Å²) < 4.78 is 0. The molecule has 5 heteroatoms. The van der Waals surface area contributed by atoms with E-state index in [0.29, 0.717) is 6.04 Å². The monoisotopic (exact) mass is 278 g/mol. The van der Waals surface area contributed by atoms with Gasteiger partial charge >= 0.3 is 0 Å². The Morgan fingerprint density at radius 3 is 2.70 bits per heavy atom. The van der Waals surface area contributed by atoms with Crippen LogP contribution >= 0.6 is 0 Å². The first-order chi connectivity index (χ1) is 9.81. The Labute approximate surface area is 121 Å². The molecule has 0 aromatic carbocycles. The number of aromatic nitrogens is 2. The van der Waals surface area contributed by atoms with Crippen molar-refractivity contribution < 1.29 is 5.11 Å². The Hall–Kier alpha value is -1.36. The van der Waals surface area contributed by atoms with Crippen molar-refractivity contribution in [3.8, 4) is 0 Å². The topological polar surface area (TPSA) is 61.3 Å². The average molecular weight is 278 g/mol. The van der Waals surface area contributed by atoms with Crippen LogP contribution in [0.15, 0.2) is 6.33 Å². The second kappa shape index (κ2) is 7.43. The summed E-state index contributed by atoms with van der Waals surface area (Å²) >= 11 is 0. The largest absolute Gasteiger partial charge is 0.396 e. The quantitative estimate of drug-likeness (QED) is 0.763. The van der Waals surface area contributed by atoms with Crippen molar-refractivity contribution >= 4 is 11.6 Å². The van der Waals surface area contributed by atoms with Gasteiger partial charge in [0.2, 0.25) is 0 Å². The van der Waals surface area contributed by atoms with Gasteiger partial charge in [0.05, 0.1) is 0 Å². The fourth-order valence-corrected chi connectivity index (χ4v) is 2.70. The van der Waals surface area contributed by atoms with Crippen LogP contribution in [0.25, 0.3) is 0 Å². The number of aliphatic hydroxyl groups is 1. The van der Waals surface area contributed by atoms with Gasteiger partial charge in [-0.25, -0.2) is 9.97 Å². The van der Waals surface area contributed by atoms with Crippen LogP contribution in [-0.4, -0.2) is 40.8 Å². The maximum absolute atomic E-state index is 9.13. The smallest absolute Gasteiger partial charge is 0.137 e. The van der Waals surface area contributed by atoms with E-state index in [0.717, 1.165) is 37.6 Å². The van der Waals surface area contributed by atoms with Crippen LogP contribution in [0.1, 0.15) is 45.1 Å². The predicted octanol–water partition coefficient (Wildman–Crippen LogP) is 2.21. The molecule has 5 nitrogen and oxygen atoms in total. The molecule has 0 spiro atoms. The minimum atomic E-state index is 0.232. The van der Waals surface area contributed by atoms with Crippen molar-refractivity contribution in [2.75, 3.05) is 29.9 Å². The highest BCUT2D eigenvalue weighted by molar-refractivity contribution is 5.59. The Bertz CT molecular complexity index is 420. The van der Waals surface area contributed by atoms with Crippen LogP contribution in [0.2, 0.25) is 0 Å². The highest BCUT2D eigenvalue weighted by Gasteiger charge is 2.27. The Kier molecular flexibility index (Phi) is 5.59. The zero-order valence-electron chi connectivity index (χ0n) is 12.6. The van der Waals surface area contributed by atoms with Crippen molar-refractivity contribution in [3.63, 3.8) is 0 Å². The van der Waals surface area contributed by atoms with E-state index >= 15 is 0 Å². The number of aliphatic hydroxyl groups excluding tert-OH is 1. The van der Waals surface area contributed by atoms with Crippen LogP contribution < -0.4 is 10.2 Å². The fraction of sp³-hybridized carbons (Fsp3) is 0.733. The molecule has 0 atom stereocenters. The van der Waals surface area contributed by atoms with Crippen LogP contribution in [0.5, 0.6) is 0 Å². The summed E-state index contributed by atoms with van der Waals surface area (Å²) in [4.78, 5) is 11.3. The lowest BCUT2D eigenvalue weighted by Crippen LogP contribution is -2.42. The average Bonchev–Trinajstić information content (AvgIpc) is 2.41. The van der Waals surface area contributed by atoms with E-state index in [9.17, 15) is 0 Å². The highest BCUT2D eigenvalue weighted by atomic mass is 16.3. The second-order valence-electron chi connectivity index (χ2n) is 5.26. The summed E-state index contributed by atoms with van der Waals surface area (Å²) in [5.74, 6) is 2.00. The molecule has 1 aliphatic rings. The van der Waals surface area contributed by atoms with E-state index in [1.54, 1.807) is 6.33 Å². The molecule has 112 valence electrons. The number of hydrogen-bond acceptors (Lipinski definition) is 5. The van der Waals surface area contributed by atoms with E-state index in [2.05, 4.69) is 34.0 Å². The summed E-state index contributed by atoms with van der Waals surface area (Å²) in [6, 6.07) is 0.580. The molecule has 1 saturated carbocycles. The maximum atomic E-state index is 9.13. The Balaban J connectivity index is 2.28. The predicted molar refractivity (Wildman–Crippen MR) is 82.3 cm³/mol. The summed E-state index contributed by atoms with van der Waals surface area (Å²) in [6.45, 7) is 6.20. The first-order valence-electron chi connectivity index (χ1n) is 7.77. The maximum Gasteiger partial charge on any atom is 0.137 e. The molecule has 1 aromatic heterocycles. The summed E-state index contributed by atoms with van der Waals surface area (Å²) in [6.07, 6.45) is 7.12. The van der Waals surface area contributed by atoms with Crippen LogP contribution in [0.3, 0.4) is 0 Å². The van der Waals surface area contributed by atoms with Gasteiger partial charge in [0.25, 0.3) is 0 Å². The third kappa shape index (κ3) is 3.20.